The molecule has 7 heteroatoms. The van der Waals surface area contributed by atoms with E-state index in [9.17, 15) is 4.79 Å². The Labute approximate surface area is 158 Å². The zero-order valence-corrected chi connectivity index (χ0v) is 16.0. The molecule has 1 amide bonds. The number of benzene rings is 1. The Kier molecular flexibility index (Phi) is 6.01. The van der Waals surface area contributed by atoms with Crippen LogP contribution in [0, 0.1) is 20.8 Å². The fraction of sp³-hybridized carbons (Fsp3) is 0.400. The van der Waals surface area contributed by atoms with Crippen LogP contribution in [0.2, 0.25) is 0 Å². The summed E-state index contributed by atoms with van der Waals surface area (Å²) < 4.78 is 6.97. The highest BCUT2D eigenvalue weighted by atomic mass is 16.5. The van der Waals surface area contributed by atoms with Gasteiger partial charge in [0.15, 0.2) is 5.82 Å². The Balaban J connectivity index is 1.40. The number of rotatable bonds is 8. The zero-order chi connectivity index (χ0) is 19.2. The summed E-state index contributed by atoms with van der Waals surface area (Å²) >= 11 is 0. The van der Waals surface area contributed by atoms with Gasteiger partial charge in [0, 0.05) is 25.1 Å². The van der Waals surface area contributed by atoms with Crippen LogP contribution in [0.15, 0.2) is 34.9 Å². The predicted octanol–water partition coefficient (Wildman–Crippen LogP) is 2.86. The van der Waals surface area contributed by atoms with Crippen molar-refractivity contribution in [2.24, 2.45) is 0 Å². The first-order chi connectivity index (χ1) is 13.0. The molecule has 142 valence electrons. The van der Waals surface area contributed by atoms with Gasteiger partial charge in [-0.15, -0.1) is 0 Å². The van der Waals surface area contributed by atoms with Crippen LogP contribution in [-0.2, 0) is 17.6 Å². The van der Waals surface area contributed by atoms with Crippen molar-refractivity contribution in [2.75, 3.05) is 6.54 Å². The summed E-state index contributed by atoms with van der Waals surface area (Å²) in [5, 5.41) is 11.2. The summed E-state index contributed by atoms with van der Waals surface area (Å²) in [6.45, 7) is 6.42. The maximum absolute atomic E-state index is 12.0. The third-order valence-corrected chi connectivity index (χ3v) is 4.29. The monoisotopic (exact) mass is 367 g/mol. The third kappa shape index (κ3) is 5.26. The van der Waals surface area contributed by atoms with Crippen LogP contribution in [0.5, 0.6) is 0 Å². The molecule has 0 aliphatic carbocycles. The van der Waals surface area contributed by atoms with Gasteiger partial charge < -0.3 is 9.84 Å². The van der Waals surface area contributed by atoms with Crippen molar-refractivity contribution in [1.82, 2.24) is 25.2 Å². The van der Waals surface area contributed by atoms with Gasteiger partial charge in [0.1, 0.15) is 0 Å². The first-order valence-corrected chi connectivity index (χ1v) is 9.20. The Bertz CT molecular complexity index is 895. The van der Waals surface area contributed by atoms with E-state index >= 15 is 0 Å². The van der Waals surface area contributed by atoms with Gasteiger partial charge in [-0.25, -0.2) is 4.68 Å². The molecule has 1 N–H and O–H groups in total. The van der Waals surface area contributed by atoms with E-state index in [1.807, 2.05) is 30.7 Å². The van der Waals surface area contributed by atoms with Crippen molar-refractivity contribution in [3.05, 3.63) is 59.0 Å². The molecule has 3 rings (SSSR count). The average molecular weight is 367 g/mol. The molecule has 0 atom stereocenters. The molecular weight excluding hydrogens is 342 g/mol. The molecule has 0 aliphatic heterocycles. The number of aromatic nitrogens is 4. The van der Waals surface area contributed by atoms with Crippen LogP contribution in [0.3, 0.4) is 0 Å². The number of aryl methyl sites for hydroxylation is 5. The summed E-state index contributed by atoms with van der Waals surface area (Å²) in [6.07, 6.45) is 2.64. The molecule has 7 nitrogen and oxygen atoms in total. The third-order valence-electron chi connectivity index (χ3n) is 4.29. The van der Waals surface area contributed by atoms with Crippen LogP contribution in [-0.4, -0.2) is 32.4 Å². The molecule has 27 heavy (non-hydrogen) atoms. The number of amides is 1. The first-order valence-electron chi connectivity index (χ1n) is 9.20. The van der Waals surface area contributed by atoms with Crippen LogP contribution in [0.4, 0.5) is 0 Å². The van der Waals surface area contributed by atoms with E-state index < -0.39 is 0 Å². The molecule has 0 saturated heterocycles. The molecule has 0 spiro atoms. The number of carbonyl (C=O) groups is 1. The van der Waals surface area contributed by atoms with Crippen LogP contribution < -0.4 is 5.32 Å². The SMILES string of the molecule is Cc1cc(C)n(-c2ccc(CCC(=O)NCCCc3nc(C)no3)cc2)n1. The maximum atomic E-state index is 12.0. The lowest BCUT2D eigenvalue weighted by molar-refractivity contribution is -0.121. The molecule has 0 fully saturated rings. The molecule has 0 radical (unpaired) electrons. The Morgan fingerprint density at radius 2 is 1.93 bits per heavy atom. The van der Waals surface area contributed by atoms with Gasteiger partial charge in [0.05, 0.1) is 11.4 Å². The van der Waals surface area contributed by atoms with Gasteiger partial charge in [0.2, 0.25) is 11.8 Å². The van der Waals surface area contributed by atoms with Gasteiger partial charge in [-0.1, -0.05) is 17.3 Å². The molecule has 0 aliphatic rings. The number of nitrogens with zero attached hydrogens (tertiary/aromatic N) is 4. The van der Waals surface area contributed by atoms with E-state index in [2.05, 4.69) is 38.8 Å². The summed E-state index contributed by atoms with van der Waals surface area (Å²) in [5.74, 6) is 1.31. The smallest absolute Gasteiger partial charge is 0.226 e. The Morgan fingerprint density at radius 3 is 2.56 bits per heavy atom. The van der Waals surface area contributed by atoms with E-state index in [0.717, 1.165) is 29.1 Å². The minimum absolute atomic E-state index is 0.0549. The second kappa shape index (κ2) is 8.62. The van der Waals surface area contributed by atoms with Crippen molar-refractivity contribution in [2.45, 2.75) is 46.5 Å². The van der Waals surface area contributed by atoms with Crippen molar-refractivity contribution in [3.63, 3.8) is 0 Å². The lowest BCUT2D eigenvalue weighted by Gasteiger charge is -2.07. The highest BCUT2D eigenvalue weighted by Crippen LogP contribution is 2.14. The molecule has 2 heterocycles. The van der Waals surface area contributed by atoms with Gasteiger partial charge in [-0.3, -0.25) is 4.79 Å². The molecule has 0 saturated carbocycles. The second-order valence-corrected chi connectivity index (χ2v) is 6.69. The van der Waals surface area contributed by atoms with Crippen LogP contribution in [0.25, 0.3) is 5.69 Å². The van der Waals surface area contributed by atoms with E-state index in [-0.39, 0.29) is 5.91 Å². The second-order valence-electron chi connectivity index (χ2n) is 6.69. The topological polar surface area (TPSA) is 85.8 Å². The van der Waals surface area contributed by atoms with E-state index in [0.29, 0.717) is 37.5 Å². The lowest BCUT2D eigenvalue weighted by atomic mass is 10.1. The molecule has 3 aromatic rings. The highest BCUT2D eigenvalue weighted by molar-refractivity contribution is 5.76. The largest absolute Gasteiger partial charge is 0.356 e. The minimum Gasteiger partial charge on any atom is -0.356 e. The van der Waals surface area contributed by atoms with Gasteiger partial charge >= 0.3 is 0 Å². The summed E-state index contributed by atoms with van der Waals surface area (Å²) in [6, 6.07) is 10.2. The highest BCUT2D eigenvalue weighted by Gasteiger charge is 2.06. The minimum atomic E-state index is 0.0549. The predicted molar refractivity (Wildman–Crippen MR) is 102 cm³/mol. The number of carbonyl (C=O) groups excluding carboxylic acids is 1. The first kappa shape index (κ1) is 18.8. The number of hydrogen-bond donors (Lipinski definition) is 1. The van der Waals surface area contributed by atoms with Crippen LogP contribution in [0.1, 0.15) is 41.5 Å². The fourth-order valence-corrected chi connectivity index (χ4v) is 2.95. The normalized spacial score (nSPS) is 10.9. The Hall–Kier alpha value is -2.96. The van der Waals surface area contributed by atoms with Crippen molar-refractivity contribution < 1.29 is 9.32 Å². The summed E-state index contributed by atoms with van der Waals surface area (Å²) in [7, 11) is 0. The van der Waals surface area contributed by atoms with Crippen LogP contribution >= 0.6 is 0 Å². The summed E-state index contributed by atoms with van der Waals surface area (Å²) in [4.78, 5) is 16.1. The maximum Gasteiger partial charge on any atom is 0.226 e. The van der Waals surface area contributed by atoms with Gasteiger partial charge in [-0.05, 0) is 57.4 Å². The van der Waals surface area contributed by atoms with Crippen molar-refractivity contribution in [1.29, 1.82) is 0 Å². The Morgan fingerprint density at radius 1 is 1.15 bits per heavy atom. The van der Waals surface area contributed by atoms with E-state index in [4.69, 9.17) is 4.52 Å². The molecule has 0 unspecified atom stereocenters. The standard InChI is InChI=1S/C20H25N5O2/c1-14-13-15(2)25(23-14)18-9-6-17(7-10-18)8-11-19(26)21-12-4-5-20-22-16(3)24-27-20/h6-7,9-10,13H,4-5,8,11-12H2,1-3H3,(H,21,26). The lowest BCUT2D eigenvalue weighted by Crippen LogP contribution is -2.25. The van der Waals surface area contributed by atoms with Crippen molar-refractivity contribution in [3.8, 4) is 5.69 Å². The van der Waals surface area contributed by atoms with Gasteiger partial charge in [0.25, 0.3) is 0 Å². The zero-order valence-electron chi connectivity index (χ0n) is 16.0. The average Bonchev–Trinajstić information content (AvgIpc) is 3.22. The molecular formula is C20H25N5O2. The fourth-order valence-electron chi connectivity index (χ4n) is 2.95. The number of hydrogen-bond acceptors (Lipinski definition) is 5. The van der Waals surface area contributed by atoms with E-state index in [1.54, 1.807) is 6.92 Å². The van der Waals surface area contributed by atoms with Gasteiger partial charge in [-0.2, -0.15) is 10.1 Å². The number of nitrogens with one attached hydrogen (secondary N) is 1. The molecule has 2 aromatic heterocycles. The molecule has 1 aromatic carbocycles. The van der Waals surface area contributed by atoms with E-state index in [1.165, 1.54) is 0 Å². The quantitative estimate of drug-likeness (QED) is 0.619. The molecule has 0 bridgehead atoms. The summed E-state index contributed by atoms with van der Waals surface area (Å²) in [5.41, 5.74) is 4.28. The van der Waals surface area contributed by atoms with Crippen molar-refractivity contribution >= 4 is 5.91 Å².